The van der Waals surface area contributed by atoms with Crippen LogP contribution in [-0.4, -0.2) is 28.2 Å². The van der Waals surface area contributed by atoms with Gasteiger partial charge in [-0.25, -0.2) is 13.6 Å². The number of fused-ring (bicyclic) bond motifs is 1. The van der Waals surface area contributed by atoms with Crippen molar-refractivity contribution in [2.75, 3.05) is 6.54 Å². The molecule has 0 spiro atoms. The van der Waals surface area contributed by atoms with Crippen molar-refractivity contribution in [3.05, 3.63) is 28.6 Å². The fourth-order valence-corrected chi connectivity index (χ4v) is 2.68. The molecule has 1 unspecified atom stereocenters. The van der Waals surface area contributed by atoms with Gasteiger partial charge in [0.15, 0.2) is 0 Å². The molecule has 2 rings (SSSR count). The van der Waals surface area contributed by atoms with E-state index in [-0.39, 0.29) is 35.9 Å². The molecule has 1 N–H and O–H groups in total. The van der Waals surface area contributed by atoms with E-state index in [0.717, 1.165) is 6.07 Å². The summed E-state index contributed by atoms with van der Waals surface area (Å²) in [6.07, 6.45) is -0.514. The average Bonchev–Trinajstić information content (AvgIpc) is 2.40. The number of carbonyl (C=O) groups excluding carboxylic acids is 1. The molecule has 1 aliphatic heterocycles. The summed E-state index contributed by atoms with van der Waals surface area (Å²) < 4.78 is 32.4. The highest BCUT2D eigenvalue weighted by Gasteiger charge is 2.33. The molecule has 22 heavy (non-hydrogen) atoms. The molecule has 122 valence electrons. The first-order valence-electron chi connectivity index (χ1n) is 7.21. The molecule has 0 saturated carbocycles. The van der Waals surface area contributed by atoms with E-state index in [1.54, 1.807) is 27.7 Å². The summed E-state index contributed by atoms with van der Waals surface area (Å²) in [5.41, 5.74) is -0.188. The van der Waals surface area contributed by atoms with Gasteiger partial charge in [0.1, 0.15) is 23.8 Å². The molecule has 6 heteroatoms. The first-order valence-corrected chi connectivity index (χ1v) is 7.21. The Morgan fingerprint density at radius 1 is 1.50 bits per heavy atom. The number of carbonyl (C=O) groups is 1. The molecular formula is C16H21F2NO3. The highest BCUT2D eigenvalue weighted by atomic mass is 19.1. The van der Waals surface area contributed by atoms with Crippen molar-refractivity contribution >= 4 is 6.09 Å². The predicted octanol–water partition coefficient (Wildman–Crippen LogP) is 3.86. The van der Waals surface area contributed by atoms with Gasteiger partial charge in [0, 0.05) is 29.2 Å². The number of nitrogens with zero attached hydrogens (tertiary/aromatic N) is 1. The lowest BCUT2D eigenvalue weighted by atomic mass is 9.88. The Balaban J connectivity index is 2.35. The van der Waals surface area contributed by atoms with E-state index in [1.807, 2.05) is 0 Å². The Bertz CT molecular complexity index is 596. The predicted molar refractivity (Wildman–Crippen MR) is 77.9 cm³/mol. The van der Waals surface area contributed by atoms with Crippen molar-refractivity contribution < 1.29 is 23.4 Å². The van der Waals surface area contributed by atoms with Crippen LogP contribution >= 0.6 is 0 Å². The minimum Gasteiger partial charge on any atom is -0.508 e. The number of hydrogen-bond acceptors (Lipinski definition) is 3. The van der Waals surface area contributed by atoms with Crippen LogP contribution in [0.15, 0.2) is 6.07 Å². The van der Waals surface area contributed by atoms with Gasteiger partial charge in [-0.15, -0.1) is 0 Å². The molecule has 0 saturated heterocycles. The summed E-state index contributed by atoms with van der Waals surface area (Å²) in [5, 5.41) is 10.0. The first-order chi connectivity index (χ1) is 10.1. The molecule has 1 aliphatic rings. The molecule has 1 aromatic rings. The second kappa shape index (κ2) is 5.74. The number of aromatic hydroxyl groups is 1. The Morgan fingerprint density at radius 3 is 2.68 bits per heavy atom. The van der Waals surface area contributed by atoms with Crippen LogP contribution in [0.2, 0.25) is 0 Å². The molecule has 1 heterocycles. The van der Waals surface area contributed by atoms with Crippen LogP contribution in [0.3, 0.4) is 0 Å². The Labute approximate surface area is 128 Å². The monoisotopic (exact) mass is 313 g/mol. The zero-order valence-electron chi connectivity index (χ0n) is 13.2. The van der Waals surface area contributed by atoms with Gasteiger partial charge < -0.3 is 14.7 Å². The maximum Gasteiger partial charge on any atom is 0.410 e. The number of alkyl halides is 1. The number of rotatable bonds is 1. The second-order valence-electron chi connectivity index (χ2n) is 6.66. The van der Waals surface area contributed by atoms with E-state index in [2.05, 4.69) is 0 Å². The van der Waals surface area contributed by atoms with E-state index in [0.29, 0.717) is 5.56 Å². The van der Waals surface area contributed by atoms with E-state index >= 15 is 0 Å². The van der Waals surface area contributed by atoms with Crippen LogP contribution < -0.4 is 0 Å². The third kappa shape index (κ3) is 3.15. The Morgan fingerprint density at radius 2 is 2.14 bits per heavy atom. The standard InChI is InChI=1S/C16H21F2NO3/c1-9-7-19(15(21)22-16(2,3)4)8-11-12(20)5-10(6-17)14(18)13(9)11/h5,9,20H,6-8H2,1-4H3. The number of ether oxygens (including phenoxy) is 1. The summed E-state index contributed by atoms with van der Waals surface area (Å²) in [7, 11) is 0. The first kappa shape index (κ1) is 16.5. The van der Waals surface area contributed by atoms with Gasteiger partial charge in [0.05, 0.1) is 6.54 Å². The van der Waals surface area contributed by atoms with Crippen LogP contribution in [0, 0.1) is 5.82 Å². The number of phenols is 1. The molecule has 0 aliphatic carbocycles. The molecule has 1 atom stereocenters. The van der Waals surface area contributed by atoms with Gasteiger partial charge in [0.2, 0.25) is 0 Å². The lowest BCUT2D eigenvalue weighted by molar-refractivity contribution is 0.0206. The minimum absolute atomic E-state index is 0.0455. The van der Waals surface area contributed by atoms with E-state index in [9.17, 15) is 18.7 Å². The van der Waals surface area contributed by atoms with Gasteiger partial charge in [-0.3, -0.25) is 0 Å². The summed E-state index contributed by atoms with van der Waals surface area (Å²) in [6.45, 7) is 6.34. The molecule has 0 aromatic heterocycles. The fourth-order valence-electron chi connectivity index (χ4n) is 2.68. The van der Waals surface area contributed by atoms with Crippen LogP contribution in [0.4, 0.5) is 13.6 Å². The molecule has 4 nitrogen and oxygen atoms in total. The normalized spacial score (nSPS) is 18.1. The molecule has 0 bridgehead atoms. The SMILES string of the molecule is CC1CN(C(=O)OC(C)(C)C)Cc2c(O)cc(CF)c(F)c21. The lowest BCUT2D eigenvalue weighted by Crippen LogP contribution is -2.41. The smallest absolute Gasteiger partial charge is 0.410 e. The van der Waals surface area contributed by atoms with E-state index in [1.165, 1.54) is 4.90 Å². The third-order valence-electron chi connectivity index (χ3n) is 3.60. The molecule has 1 amide bonds. The Kier molecular flexibility index (Phi) is 4.31. The topological polar surface area (TPSA) is 49.8 Å². The summed E-state index contributed by atoms with van der Waals surface area (Å²) in [5.74, 6) is -1.18. The average molecular weight is 313 g/mol. The highest BCUT2D eigenvalue weighted by Crippen LogP contribution is 2.38. The van der Waals surface area contributed by atoms with E-state index < -0.39 is 24.2 Å². The summed E-state index contributed by atoms with van der Waals surface area (Å²) >= 11 is 0. The van der Waals surface area contributed by atoms with Crippen molar-refractivity contribution in [1.82, 2.24) is 4.90 Å². The zero-order chi connectivity index (χ0) is 16.7. The van der Waals surface area contributed by atoms with Crippen molar-refractivity contribution in [2.24, 2.45) is 0 Å². The number of phenolic OH excluding ortho intramolecular Hbond substituents is 1. The van der Waals surface area contributed by atoms with Crippen LogP contribution in [-0.2, 0) is 18.0 Å². The largest absolute Gasteiger partial charge is 0.508 e. The van der Waals surface area contributed by atoms with Crippen LogP contribution in [0.1, 0.15) is 50.3 Å². The number of amides is 1. The molecule has 0 fully saturated rings. The maximum atomic E-state index is 14.3. The summed E-state index contributed by atoms with van der Waals surface area (Å²) in [6, 6.07) is 1.08. The van der Waals surface area contributed by atoms with Gasteiger partial charge in [-0.05, 0) is 26.8 Å². The molecular weight excluding hydrogens is 292 g/mol. The van der Waals surface area contributed by atoms with Crippen molar-refractivity contribution in [3.63, 3.8) is 0 Å². The lowest BCUT2D eigenvalue weighted by Gasteiger charge is -2.35. The molecule has 1 aromatic carbocycles. The van der Waals surface area contributed by atoms with Crippen molar-refractivity contribution in [1.29, 1.82) is 0 Å². The highest BCUT2D eigenvalue weighted by molar-refractivity contribution is 5.69. The van der Waals surface area contributed by atoms with Gasteiger partial charge in [-0.1, -0.05) is 6.92 Å². The van der Waals surface area contributed by atoms with Gasteiger partial charge >= 0.3 is 6.09 Å². The second-order valence-corrected chi connectivity index (χ2v) is 6.66. The van der Waals surface area contributed by atoms with Gasteiger partial charge in [-0.2, -0.15) is 0 Å². The number of hydrogen-bond donors (Lipinski definition) is 1. The maximum absolute atomic E-state index is 14.3. The summed E-state index contributed by atoms with van der Waals surface area (Å²) in [4.78, 5) is 13.6. The van der Waals surface area contributed by atoms with Crippen LogP contribution in [0.25, 0.3) is 0 Å². The third-order valence-corrected chi connectivity index (χ3v) is 3.60. The van der Waals surface area contributed by atoms with Crippen molar-refractivity contribution in [3.8, 4) is 5.75 Å². The van der Waals surface area contributed by atoms with Gasteiger partial charge in [0.25, 0.3) is 0 Å². The quantitative estimate of drug-likeness (QED) is 0.856. The number of halogens is 2. The fraction of sp³-hybridized carbons (Fsp3) is 0.562. The van der Waals surface area contributed by atoms with Crippen LogP contribution in [0.5, 0.6) is 5.75 Å². The molecule has 0 radical (unpaired) electrons. The number of benzene rings is 1. The van der Waals surface area contributed by atoms with Crippen molar-refractivity contribution in [2.45, 2.75) is 52.4 Å². The zero-order valence-corrected chi connectivity index (χ0v) is 13.2. The minimum atomic E-state index is -0.977. The Hall–Kier alpha value is -1.85. The van der Waals surface area contributed by atoms with E-state index in [4.69, 9.17) is 4.74 Å².